The second-order valence-electron chi connectivity index (χ2n) is 8.86. The lowest BCUT2D eigenvalue weighted by atomic mass is 10.1. The van der Waals surface area contributed by atoms with E-state index in [1.54, 1.807) is 0 Å². The maximum atomic E-state index is 12.6. The van der Waals surface area contributed by atoms with Gasteiger partial charge in [-0.2, -0.15) is 23.1 Å². The molecule has 3 rings (SSSR count). The van der Waals surface area contributed by atoms with Gasteiger partial charge in [0.2, 0.25) is 5.91 Å². The number of carbonyl (C=O) groups excluding carboxylic acids is 2. The Balaban J connectivity index is 1.77. The molecule has 1 aliphatic rings. The molecule has 0 unspecified atom stereocenters. The van der Waals surface area contributed by atoms with Gasteiger partial charge in [0.1, 0.15) is 17.1 Å². The number of hydrogen-bond donors (Lipinski definition) is 1. The summed E-state index contributed by atoms with van der Waals surface area (Å²) in [6.07, 6.45) is -5.17. The van der Waals surface area contributed by atoms with Crippen molar-refractivity contribution in [3.8, 4) is 6.01 Å². The molecule has 0 saturated carbocycles. The van der Waals surface area contributed by atoms with E-state index in [0.717, 1.165) is 16.7 Å². The van der Waals surface area contributed by atoms with Crippen molar-refractivity contribution < 1.29 is 27.5 Å². The number of amides is 2. The van der Waals surface area contributed by atoms with Crippen LogP contribution in [0.15, 0.2) is 6.07 Å². The summed E-state index contributed by atoms with van der Waals surface area (Å²) in [6, 6.07) is 2.05. The third-order valence-electron chi connectivity index (χ3n) is 4.88. The summed E-state index contributed by atoms with van der Waals surface area (Å²) in [5.41, 5.74) is -0.399. The van der Waals surface area contributed by atoms with Crippen LogP contribution in [-0.2, 0) is 16.0 Å². The Morgan fingerprint density at radius 3 is 2.39 bits per heavy atom. The molecule has 0 bridgehead atoms. The first-order valence-corrected chi connectivity index (χ1v) is 11.5. The van der Waals surface area contributed by atoms with Crippen molar-refractivity contribution in [3.63, 3.8) is 0 Å². The van der Waals surface area contributed by atoms with Gasteiger partial charge in [0.05, 0.1) is 5.39 Å². The number of anilines is 1. The van der Waals surface area contributed by atoms with Crippen LogP contribution in [-0.4, -0.2) is 71.2 Å². The van der Waals surface area contributed by atoms with Gasteiger partial charge in [-0.1, -0.05) is 6.92 Å². The van der Waals surface area contributed by atoms with Crippen molar-refractivity contribution >= 4 is 39.2 Å². The summed E-state index contributed by atoms with van der Waals surface area (Å²) in [5.74, 6) is -0.636. The number of hydrogen-bond acceptors (Lipinski definition) is 7. The predicted molar refractivity (Wildman–Crippen MR) is 120 cm³/mol. The SMILES string of the molecule is CCc1cc2c(N3CCN(C(=O)CC(F)(F)F)CC3)nc(OCC(=O)NC(C)(C)C)nc2s1. The first-order valence-electron chi connectivity index (χ1n) is 10.7. The van der Waals surface area contributed by atoms with Gasteiger partial charge < -0.3 is 19.9 Å². The molecule has 2 aromatic rings. The number of piperazine rings is 1. The minimum atomic E-state index is -4.52. The molecule has 0 aromatic carbocycles. The third kappa shape index (κ3) is 6.92. The largest absolute Gasteiger partial charge is 0.453 e. The fraction of sp³-hybridized carbons (Fsp3) is 0.619. The molecule has 1 aliphatic heterocycles. The number of halogens is 3. The maximum absolute atomic E-state index is 12.6. The highest BCUT2D eigenvalue weighted by atomic mass is 32.1. The maximum Gasteiger partial charge on any atom is 0.397 e. The van der Waals surface area contributed by atoms with E-state index in [1.807, 2.05) is 38.7 Å². The molecule has 1 N–H and O–H groups in total. The highest BCUT2D eigenvalue weighted by Crippen LogP contribution is 2.33. The van der Waals surface area contributed by atoms with E-state index in [-0.39, 0.29) is 31.6 Å². The molecule has 0 spiro atoms. The summed E-state index contributed by atoms with van der Waals surface area (Å²) in [4.78, 5) is 37.9. The van der Waals surface area contributed by atoms with Gasteiger partial charge in [-0.05, 0) is 33.3 Å². The van der Waals surface area contributed by atoms with E-state index in [4.69, 9.17) is 4.74 Å². The Morgan fingerprint density at radius 1 is 1.15 bits per heavy atom. The highest BCUT2D eigenvalue weighted by molar-refractivity contribution is 7.18. The minimum Gasteiger partial charge on any atom is -0.453 e. The van der Waals surface area contributed by atoms with Crippen LogP contribution in [0.3, 0.4) is 0 Å². The van der Waals surface area contributed by atoms with Gasteiger partial charge in [-0.3, -0.25) is 9.59 Å². The lowest BCUT2D eigenvalue weighted by Crippen LogP contribution is -2.49. The fourth-order valence-electron chi connectivity index (χ4n) is 3.45. The van der Waals surface area contributed by atoms with Gasteiger partial charge in [0.15, 0.2) is 6.61 Å². The van der Waals surface area contributed by atoms with Crippen molar-refractivity contribution in [2.24, 2.45) is 0 Å². The number of nitrogens with one attached hydrogen (secondary N) is 1. The zero-order chi connectivity index (χ0) is 24.4. The minimum absolute atomic E-state index is 0.0571. The van der Waals surface area contributed by atoms with E-state index in [1.165, 1.54) is 16.2 Å². The Kier molecular flexibility index (Phi) is 7.35. The smallest absolute Gasteiger partial charge is 0.397 e. The zero-order valence-corrected chi connectivity index (χ0v) is 19.9. The summed E-state index contributed by atoms with van der Waals surface area (Å²) in [6.45, 7) is 8.36. The quantitative estimate of drug-likeness (QED) is 0.674. The van der Waals surface area contributed by atoms with Crippen molar-refractivity contribution in [2.45, 2.75) is 52.3 Å². The monoisotopic (exact) mass is 487 g/mol. The van der Waals surface area contributed by atoms with Gasteiger partial charge in [0.25, 0.3) is 5.91 Å². The lowest BCUT2D eigenvalue weighted by Gasteiger charge is -2.35. The number of rotatable bonds is 6. The average molecular weight is 488 g/mol. The molecular weight excluding hydrogens is 459 g/mol. The molecule has 0 atom stereocenters. The highest BCUT2D eigenvalue weighted by Gasteiger charge is 2.35. The second-order valence-corrected chi connectivity index (χ2v) is 9.98. The van der Waals surface area contributed by atoms with Crippen LogP contribution in [0.2, 0.25) is 0 Å². The van der Waals surface area contributed by atoms with Gasteiger partial charge in [-0.25, -0.2) is 0 Å². The molecule has 3 heterocycles. The molecule has 12 heteroatoms. The molecule has 1 fully saturated rings. The lowest BCUT2D eigenvalue weighted by molar-refractivity contribution is -0.161. The molecule has 8 nitrogen and oxygen atoms in total. The number of ether oxygens (including phenoxy) is 1. The van der Waals surface area contributed by atoms with Crippen LogP contribution in [0.1, 0.15) is 39.0 Å². The number of thiophene rings is 1. The third-order valence-corrected chi connectivity index (χ3v) is 6.06. The number of carbonyl (C=O) groups is 2. The topological polar surface area (TPSA) is 87.7 Å². The molecular formula is C21H28F3N5O3S. The van der Waals surface area contributed by atoms with Gasteiger partial charge >= 0.3 is 12.2 Å². The molecule has 2 aromatic heterocycles. The Bertz CT molecular complexity index is 1010. The molecule has 33 heavy (non-hydrogen) atoms. The van der Waals surface area contributed by atoms with Gasteiger partial charge in [0, 0.05) is 36.6 Å². The standard InChI is InChI=1S/C21H28F3N5O3S/c1-5-13-10-14-17(29-8-6-28(7-9-29)16(31)11-21(22,23)24)25-19(26-18(14)33-13)32-12-15(30)27-20(2,3)4/h10H,5-9,11-12H2,1-4H3,(H,27,30). The van der Waals surface area contributed by atoms with E-state index in [2.05, 4.69) is 15.3 Å². The number of fused-ring (bicyclic) bond motifs is 1. The van der Waals surface area contributed by atoms with Crippen LogP contribution in [0.25, 0.3) is 10.2 Å². The summed E-state index contributed by atoms with van der Waals surface area (Å²) >= 11 is 1.50. The van der Waals surface area contributed by atoms with E-state index in [0.29, 0.717) is 23.7 Å². The summed E-state index contributed by atoms with van der Waals surface area (Å²) in [5, 5.41) is 3.62. The number of alkyl halides is 3. The average Bonchev–Trinajstić information content (AvgIpc) is 3.12. The van der Waals surface area contributed by atoms with E-state index >= 15 is 0 Å². The van der Waals surface area contributed by atoms with Crippen LogP contribution in [0.5, 0.6) is 6.01 Å². The van der Waals surface area contributed by atoms with Crippen molar-refractivity contribution in [2.75, 3.05) is 37.7 Å². The molecule has 1 saturated heterocycles. The van der Waals surface area contributed by atoms with Crippen molar-refractivity contribution in [1.29, 1.82) is 0 Å². The summed E-state index contributed by atoms with van der Waals surface area (Å²) in [7, 11) is 0. The first-order chi connectivity index (χ1) is 15.3. The Morgan fingerprint density at radius 2 is 1.82 bits per heavy atom. The molecule has 0 aliphatic carbocycles. The van der Waals surface area contributed by atoms with Crippen LogP contribution < -0.4 is 15.0 Å². The van der Waals surface area contributed by atoms with Crippen molar-refractivity contribution in [1.82, 2.24) is 20.2 Å². The summed E-state index contributed by atoms with van der Waals surface area (Å²) < 4.78 is 43.3. The fourth-order valence-corrected chi connectivity index (χ4v) is 4.41. The number of aryl methyl sites for hydroxylation is 1. The Hall–Kier alpha value is -2.63. The van der Waals surface area contributed by atoms with Crippen LogP contribution in [0.4, 0.5) is 19.0 Å². The zero-order valence-electron chi connectivity index (χ0n) is 19.1. The first kappa shape index (κ1) is 25.0. The Labute approximate surface area is 194 Å². The van der Waals surface area contributed by atoms with E-state index in [9.17, 15) is 22.8 Å². The predicted octanol–water partition coefficient (Wildman–Crippen LogP) is 3.15. The normalized spacial score (nSPS) is 15.1. The van der Waals surface area contributed by atoms with Crippen LogP contribution >= 0.6 is 11.3 Å². The second kappa shape index (κ2) is 9.70. The number of nitrogens with zero attached hydrogens (tertiary/aromatic N) is 4. The molecule has 0 radical (unpaired) electrons. The van der Waals surface area contributed by atoms with Crippen LogP contribution in [0, 0.1) is 0 Å². The number of aromatic nitrogens is 2. The molecule has 2 amide bonds. The van der Waals surface area contributed by atoms with Gasteiger partial charge in [-0.15, -0.1) is 11.3 Å². The van der Waals surface area contributed by atoms with Crippen molar-refractivity contribution in [3.05, 3.63) is 10.9 Å². The van der Waals surface area contributed by atoms with E-state index < -0.39 is 24.0 Å². The molecule has 182 valence electrons.